The third-order valence-corrected chi connectivity index (χ3v) is 6.62. The number of hydrogen-bond donors (Lipinski definition) is 1. The summed E-state index contributed by atoms with van der Waals surface area (Å²) in [6.07, 6.45) is 18.1. The van der Waals surface area contributed by atoms with E-state index in [-0.39, 0.29) is 5.92 Å². The monoisotopic (exact) mass is 430 g/mol. The molecule has 1 N–H and O–H groups in total. The molecule has 1 aromatic heterocycles. The highest BCUT2D eigenvalue weighted by molar-refractivity contribution is 5.51. The van der Waals surface area contributed by atoms with E-state index in [0.29, 0.717) is 12.0 Å². The van der Waals surface area contributed by atoms with Crippen molar-refractivity contribution in [2.24, 2.45) is 17.3 Å². The summed E-state index contributed by atoms with van der Waals surface area (Å²) in [5, 5.41) is 3.44. The Balaban J connectivity index is 0.000000202. The molecule has 1 aliphatic heterocycles. The predicted molar refractivity (Wildman–Crippen MR) is 131 cm³/mol. The van der Waals surface area contributed by atoms with E-state index in [1.165, 1.54) is 25.7 Å². The number of rotatable bonds is 4. The van der Waals surface area contributed by atoms with Crippen LogP contribution in [0.4, 0.5) is 5.69 Å². The Morgan fingerprint density at radius 1 is 1.06 bits per heavy atom. The average molecular weight is 431 g/mol. The Hall–Kier alpha value is -1.49. The molecule has 4 rings (SSSR count). The molecule has 5 heteroatoms. The fraction of sp³-hybridized carbons (Fsp3) is 0.808. The topological polar surface area (TPSA) is 58.1 Å². The normalized spacial score (nSPS) is 22.2. The Kier molecular flexibility index (Phi) is 10.9. The minimum absolute atomic E-state index is 0.204. The number of piperazine rings is 1. The van der Waals surface area contributed by atoms with Crippen molar-refractivity contribution in [2.45, 2.75) is 98.4 Å². The minimum atomic E-state index is 0.204. The van der Waals surface area contributed by atoms with Gasteiger partial charge in [0.25, 0.3) is 0 Å². The Morgan fingerprint density at radius 2 is 1.65 bits per heavy atom. The Morgan fingerprint density at radius 3 is 2.06 bits per heavy atom. The highest BCUT2D eigenvalue weighted by atomic mass is 16.1. The smallest absolute Gasteiger partial charge is 0.128 e. The molecular weight excluding hydrogens is 384 g/mol. The highest BCUT2D eigenvalue weighted by Crippen LogP contribution is 2.51. The van der Waals surface area contributed by atoms with Crippen molar-refractivity contribution >= 4 is 12.0 Å². The largest absolute Gasteiger partial charge is 0.366 e. The fourth-order valence-corrected chi connectivity index (χ4v) is 4.63. The lowest BCUT2D eigenvalue weighted by Gasteiger charge is -2.45. The van der Waals surface area contributed by atoms with Crippen LogP contribution in [0.3, 0.4) is 0 Å². The van der Waals surface area contributed by atoms with Crippen LogP contribution in [-0.2, 0) is 11.2 Å². The maximum absolute atomic E-state index is 9.50. The first-order valence-corrected chi connectivity index (χ1v) is 12.6. The zero-order valence-electron chi connectivity index (χ0n) is 20.7. The standard InChI is InChI=1S/C13H22N4.C9H16.C4H8O/c1-10(2)6-13-15-7-12(8-16-13)17-5-4-14-11(3)9-17;1-2-5-9(6-3-1)7-4-8-9;1-4(2)3-5/h7-8,10-11,14H,4-6,9H2,1-3H3;1-8H2;3-4H,1-2H3/t11-;;/m0../s1. The Bertz CT molecular complexity index is 617. The molecule has 31 heavy (non-hydrogen) atoms. The molecule has 1 atom stereocenters. The summed E-state index contributed by atoms with van der Waals surface area (Å²) >= 11 is 0. The van der Waals surface area contributed by atoms with Gasteiger partial charge in [-0.3, -0.25) is 0 Å². The molecular formula is C26H46N4O. The van der Waals surface area contributed by atoms with E-state index in [0.717, 1.165) is 49.3 Å². The van der Waals surface area contributed by atoms with E-state index in [1.54, 1.807) is 25.7 Å². The summed E-state index contributed by atoms with van der Waals surface area (Å²) in [6.45, 7) is 13.4. The molecule has 2 aliphatic carbocycles. The van der Waals surface area contributed by atoms with Gasteiger partial charge in [-0.1, -0.05) is 53.4 Å². The van der Waals surface area contributed by atoms with Crippen LogP contribution in [0.2, 0.25) is 0 Å². The minimum Gasteiger partial charge on any atom is -0.366 e. The van der Waals surface area contributed by atoms with Crippen LogP contribution in [0.25, 0.3) is 0 Å². The maximum atomic E-state index is 9.50. The molecule has 1 spiro atoms. The van der Waals surface area contributed by atoms with Crippen LogP contribution in [0.1, 0.15) is 91.8 Å². The molecule has 1 saturated heterocycles. The van der Waals surface area contributed by atoms with Crippen molar-refractivity contribution in [1.82, 2.24) is 15.3 Å². The number of carbonyl (C=O) groups excluding carboxylic acids is 1. The van der Waals surface area contributed by atoms with E-state index in [2.05, 4.69) is 41.0 Å². The van der Waals surface area contributed by atoms with Gasteiger partial charge in [0, 0.05) is 38.0 Å². The summed E-state index contributed by atoms with van der Waals surface area (Å²) in [4.78, 5) is 20.7. The first-order chi connectivity index (χ1) is 14.8. The molecule has 176 valence electrons. The third kappa shape index (κ3) is 9.26. The second-order valence-electron chi connectivity index (χ2n) is 10.6. The number of aromatic nitrogens is 2. The second kappa shape index (κ2) is 13.1. The lowest BCUT2D eigenvalue weighted by molar-refractivity contribution is -0.110. The van der Waals surface area contributed by atoms with Crippen LogP contribution in [0.15, 0.2) is 12.4 Å². The molecule has 2 heterocycles. The number of anilines is 1. The maximum Gasteiger partial charge on any atom is 0.128 e. The number of nitrogens with one attached hydrogen (secondary N) is 1. The first kappa shape index (κ1) is 25.8. The number of nitrogens with zero attached hydrogens (tertiary/aromatic N) is 3. The van der Waals surface area contributed by atoms with E-state index in [9.17, 15) is 4.79 Å². The van der Waals surface area contributed by atoms with Gasteiger partial charge in [0.1, 0.15) is 12.1 Å². The van der Waals surface area contributed by atoms with Crippen LogP contribution in [0.5, 0.6) is 0 Å². The van der Waals surface area contributed by atoms with Gasteiger partial charge in [0.2, 0.25) is 0 Å². The summed E-state index contributed by atoms with van der Waals surface area (Å²) < 4.78 is 0. The van der Waals surface area contributed by atoms with E-state index >= 15 is 0 Å². The molecule has 0 amide bonds. The van der Waals surface area contributed by atoms with Crippen molar-refractivity contribution in [2.75, 3.05) is 24.5 Å². The SMILES string of the molecule is C1CCC2(CC1)CCC2.CC(C)C=O.CC(C)Cc1ncc(N2CCN[C@@H](C)C2)cn1. The predicted octanol–water partition coefficient (Wildman–Crippen LogP) is 5.44. The first-order valence-electron chi connectivity index (χ1n) is 12.6. The number of aldehydes is 1. The Labute approximate surface area is 190 Å². The molecule has 3 aliphatic rings. The highest BCUT2D eigenvalue weighted by Gasteiger charge is 2.37. The summed E-state index contributed by atoms with van der Waals surface area (Å²) in [5.41, 5.74) is 2.05. The van der Waals surface area contributed by atoms with E-state index < -0.39 is 0 Å². The van der Waals surface area contributed by atoms with Crippen molar-refractivity contribution in [3.05, 3.63) is 18.2 Å². The zero-order valence-corrected chi connectivity index (χ0v) is 20.7. The number of carbonyl (C=O) groups is 1. The molecule has 2 saturated carbocycles. The average Bonchev–Trinajstić information content (AvgIpc) is 2.74. The van der Waals surface area contributed by atoms with Gasteiger partial charge >= 0.3 is 0 Å². The van der Waals surface area contributed by atoms with Gasteiger partial charge in [0.05, 0.1) is 18.1 Å². The molecule has 0 aromatic carbocycles. The van der Waals surface area contributed by atoms with Gasteiger partial charge in [-0.2, -0.15) is 0 Å². The van der Waals surface area contributed by atoms with Gasteiger partial charge in [-0.15, -0.1) is 0 Å². The lowest BCUT2D eigenvalue weighted by Crippen LogP contribution is -2.49. The third-order valence-electron chi connectivity index (χ3n) is 6.62. The summed E-state index contributed by atoms with van der Waals surface area (Å²) in [6, 6.07) is 0.541. The quantitative estimate of drug-likeness (QED) is 0.645. The number of hydrogen-bond acceptors (Lipinski definition) is 5. The molecule has 0 unspecified atom stereocenters. The molecule has 5 nitrogen and oxygen atoms in total. The van der Waals surface area contributed by atoms with Crippen molar-refractivity contribution in [1.29, 1.82) is 0 Å². The second-order valence-corrected chi connectivity index (χ2v) is 10.6. The lowest BCUT2D eigenvalue weighted by atomic mass is 9.61. The van der Waals surface area contributed by atoms with Gasteiger partial charge in [-0.05, 0) is 43.9 Å². The molecule has 0 bridgehead atoms. The molecule has 3 fully saturated rings. The summed E-state index contributed by atoms with van der Waals surface area (Å²) in [5.74, 6) is 1.77. The van der Waals surface area contributed by atoms with Crippen LogP contribution in [0, 0.1) is 17.3 Å². The molecule has 1 aromatic rings. The zero-order chi connectivity index (χ0) is 22.7. The van der Waals surface area contributed by atoms with Crippen molar-refractivity contribution in [3.63, 3.8) is 0 Å². The van der Waals surface area contributed by atoms with Crippen LogP contribution >= 0.6 is 0 Å². The fourth-order valence-electron chi connectivity index (χ4n) is 4.63. The van der Waals surface area contributed by atoms with E-state index in [1.807, 2.05) is 26.2 Å². The van der Waals surface area contributed by atoms with Gasteiger partial charge in [0.15, 0.2) is 0 Å². The van der Waals surface area contributed by atoms with Crippen LogP contribution < -0.4 is 10.2 Å². The van der Waals surface area contributed by atoms with E-state index in [4.69, 9.17) is 0 Å². The van der Waals surface area contributed by atoms with Crippen molar-refractivity contribution < 1.29 is 4.79 Å². The van der Waals surface area contributed by atoms with Crippen LogP contribution in [-0.4, -0.2) is 41.9 Å². The molecule has 0 radical (unpaired) electrons. The van der Waals surface area contributed by atoms with Gasteiger partial charge in [-0.25, -0.2) is 9.97 Å². The van der Waals surface area contributed by atoms with Gasteiger partial charge < -0.3 is 15.0 Å². The summed E-state index contributed by atoms with van der Waals surface area (Å²) in [7, 11) is 0. The van der Waals surface area contributed by atoms with Crippen molar-refractivity contribution in [3.8, 4) is 0 Å².